The van der Waals surface area contributed by atoms with E-state index in [1.165, 1.54) is 15.5 Å². The highest BCUT2D eigenvalue weighted by atomic mass is 32.2. The van der Waals surface area contributed by atoms with Crippen LogP contribution in [0, 0.1) is 0 Å². The third-order valence-corrected chi connectivity index (χ3v) is 9.89. The van der Waals surface area contributed by atoms with Crippen molar-refractivity contribution in [3.8, 4) is 17.1 Å². The summed E-state index contributed by atoms with van der Waals surface area (Å²) in [6.45, 7) is 3.72. The van der Waals surface area contributed by atoms with Gasteiger partial charge in [0.05, 0.1) is 29.3 Å². The Morgan fingerprint density at radius 2 is 1.80 bits per heavy atom. The Balaban J connectivity index is 1.41. The molecule has 0 spiro atoms. The molecule has 46 heavy (non-hydrogen) atoms. The van der Waals surface area contributed by atoms with E-state index in [2.05, 4.69) is 10.6 Å². The molecule has 0 saturated carbocycles. The molecular weight excluding hydrogens is 610 g/mol. The lowest BCUT2D eigenvalue weighted by atomic mass is 10.2. The molecule has 6 rings (SSSR count). The maximum absolute atomic E-state index is 13.4. The van der Waals surface area contributed by atoms with E-state index in [-0.39, 0.29) is 48.5 Å². The van der Waals surface area contributed by atoms with Crippen LogP contribution >= 0.6 is 0 Å². The van der Waals surface area contributed by atoms with E-state index in [4.69, 9.17) is 24.5 Å². The molecular formula is C32H33N7O6S. The molecule has 2 amide bonds. The molecule has 3 heterocycles. The number of aromatic nitrogens is 4. The molecule has 14 heteroatoms. The summed E-state index contributed by atoms with van der Waals surface area (Å²) in [6, 6.07) is 20.4. The zero-order chi connectivity index (χ0) is 32.4. The Hall–Kier alpha value is -5.24. The number of hydrogen-bond acceptors (Lipinski definition) is 10. The van der Waals surface area contributed by atoms with E-state index in [0.29, 0.717) is 28.2 Å². The van der Waals surface area contributed by atoms with Crippen LogP contribution in [0.4, 0.5) is 10.7 Å². The first-order chi connectivity index (χ1) is 22.2. The number of fused-ring (bicyclic) bond motifs is 3. The van der Waals surface area contributed by atoms with Gasteiger partial charge in [0.15, 0.2) is 21.3 Å². The summed E-state index contributed by atoms with van der Waals surface area (Å²) < 4.78 is 39.1. The van der Waals surface area contributed by atoms with Crippen molar-refractivity contribution in [3.63, 3.8) is 0 Å². The average molecular weight is 644 g/mol. The third kappa shape index (κ3) is 6.03. The summed E-state index contributed by atoms with van der Waals surface area (Å²) in [5, 5.41) is 10.4. The molecule has 2 N–H and O–H groups in total. The number of ether oxygens (including phenoxy) is 2. The van der Waals surface area contributed by atoms with Gasteiger partial charge in [0.25, 0.3) is 0 Å². The minimum Gasteiger partial charge on any atom is -0.497 e. The second-order valence-corrected chi connectivity index (χ2v) is 13.5. The normalized spacial score (nSPS) is 15.5. The Labute approximate surface area is 265 Å². The number of rotatable bonds is 8. The van der Waals surface area contributed by atoms with Crippen LogP contribution in [0.5, 0.6) is 5.75 Å². The van der Waals surface area contributed by atoms with Gasteiger partial charge in [0, 0.05) is 24.0 Å². The van der Waals surface area contributed by atoms with Crippen LogP contribution in [-0.4, -0.2) is 82.9 Å². The van der Waals surface area contributed by atoms with Gasteiger partial charge in [-0.1, -0.05) is 36.4 Å². The van der Waals surface area contributed by atoms with Crippen LogP contribution in [0.15, 0.2) is 77.7 Å². The van der Waals surface area contributed by atoms with E-state index < -0.39 is 27.2 Å². The minimum atomic E-state index is -3.75. The summed E-state index contributed by atoms with van der Waals surface area (Å²) in [7, 11) is -2.18. The number of carbonyl (C=O) groups is 2. The summed E-state index contributed by atoms with van der Waals surface area (Å²) in [6.07, 6.45) is -0.573. The maximum atomic E-state index is 13.4. The lowest BCUT2D eigenvalue weighted by Crippen LogP contribution is -2.44. The number of carbonyl (C=O) groups excluding carboxylic acids is 2. The van der Waals surface area contributed by atoms with Crippen molar-refractivity contribution in [2.75, 3.05) is 32.1 Å². The van der Waals surface area contributed by atoms with Crippen molar-refractivity contribution in [1.29, 1.82) is 0 Å². The first kappa shape index (κ1) is 30.8. The molecule has 1 atom stereocenters. The van der Waals surface area contributed by atoms with E-state index in [0.717, 1.165) is 5.56 Å². The predicted octanol–water partition coefficient (Wildman–Crippen LogP) is 3.68. The van der Waals surface area contributed by atoms with Crippen molar-refractivity contribution in [1.82, 2.24) is 29.8 Å². The van der Waals surface area contributed by atoms with Crippen molar-refractivity contribution in [2.45, 2.75) is 36.6 Å². The Bertz CT molecular complexity index is 2010. The van der Waals surface area contributed by atoms with Gasteiger partial charge >= 0.3 is 6.09 Å². The lowest BCUT2D eigenvalue weighted by molar-refractivity contribution is -0.121. The van der Waals surface area contributed by atoms with E-state index in [1.54, 1.807) is 45.2 Å². The average Bonchev–Trinajstić information content (AvgIpc) is 3.44. The highest BCUT2D eigenvalue weighted by Crippen LogP contribution is 2.30. The summed E-state index contributed by atoms with van der Waals surface area (Å²) in [4.78, 5) is 37.3. The van der Waals surface area contributed by atoms with Gasteiger partial charge in [-0.15, -0.1) is 5.10 Å². The van der Waals surface area contributed by atoms with Gasteiger partial charge in [-0.3, -0.25) is 4.79 Å². The molecule has 5 aromatic rings. The fourth-order valence-corrected chi connectivity index (χ4v) is 6.32. The van der Waals surface area contributed by atoms with Crippen molar-refractivity contribution < 1.29 is 27.5 Å². The van der Waals surface area contributed by atoms with E-state index in [1.807, 2.05) is 42.5 Å². The maximum Gasteiger partial charge on any atom is 0.410 e. The fourth-order valence-electron chi connectivity index (χ4n) is 5.12. The molecule has 0 unspecified atom stereocenters. The Morgan fingerprint density at radius 3 is 2.52 bits per heavy atom. The number of nitrogens with zero attached hydrogens (tertiary/aromatic N) is 5. The predicted molar refractivity (Wildman–Crippen MR) is 171 cm³/mol. The largest absolute Gasteiger partial charge is 0.497 e. The van der Waals surface area contributed by atoms with Gasteiger partial charge < -0.3 is 25.0 Å². The van der Waals surface area contributed by atoms with E-state index in [9.17, 15) is 18.0 Å². The highest BCUT2D eigenvalue weighted by molar-refractivity contribution is 7.92. The number of hydrogen-bond donors (Lipinski definition) is 2. The SMILES string of the molecule is COc1ccc(-c2nc3c4cccc(S(=O)(=O)C(C)C)c4nc(N[C@@H]4CN(C(=O)OCc5ccccc5)CCNC4=O)n3n2)cc1. The zero-order valence-electron chi connectivity index (χ0n) is 25.5. The molecule has 0 radical (unpaired) electrons. The number of nitrogens with one attached hydrogen (secondary N) is 2. The van der Waals surface area contributed by atoms with Crippen molar-refractivity contribution >= 4 is 44.3 Å². The molecule has 0 aliphatic carbocycles. The molecule has 1 aliphatic heterocycles. The first-order valence-corrected chi connectivity index (χ1v) is 16.3. The lowest BCUT2D eigenvalue weighted by Gasteiger charge is -2.23. The van der Waals surface area contributed by atoms with Crippen molar-refractivity contribution in [2.24, 2.45) is 0 Å². The number of para-hydroxylation sites is 1. The van der Waals surface area contributed by atoms with Crippen LogP contribution in [0.3, 0.4) is 0 Å². The van der Waals surface area contributed by atoms with Crippen molar-refractivity contribution in [3.05, 3.63) is 78.4 Å². The van der Waals surface area contributed by atoms with Crippen LogP contribution in [0.2, 0.25) is 0 Å². The molecule has 1 saturated heterocycles. The summed E-state index contributed by atoms with van der Waals surface area (Å²) in [5.41, 5.74) is 2.05. The van der Waals surface area contributed by atoms with Gasteiger partial charge in [-0.05, 0) is 55.8 Å². The highest BCUT2D eigenvalue weighted by Gasteiger charge is 2.31. The standard InChI is InChI=1S/C32H33N7O6S/c1-20(2)46(42,43)26-11-7-10-24-27(26)35-31(39-29(24)36-28(37-39)22-12-14-23(44-3)15-13-22)34-25-18-38(17-16-33-30(25)40)32(41)45-19-21-8-5-4-6-9-21/h4-15,20,25H,16-19H2,1-3H3,(H,33,40)(H,34,35)/t25-/m1/s1. The Morgan fingerprint density at radius 1 is 1.04 bits per heavy atom. The number of sulfone groups is 1. The number of methoxy groups -OCH3 is 1. The zero-order valence-corrected chi connectivity index (χ0v) is 26.3. The molecule has 3 aromatic carbocycles. The smallest absolute Gasteiger partial charge is 0.410 e. The van der Waals surface area contributed by atoms with Crippen LogP contribution < -0.4 is 15.4 Å². The number of benzene rings is 3. The second-order valence-electron chi connectivity index (χ2n) is 11.1. The fraction of sp³-hybridized carbons (Fsp3) is 0.281. The first-order valence-electron chi connectivity index (χ1n) is 14.7. The molecule has 1 aliphatic rings. The number of amides is 2. The van der Waals surface area contributed by atoms with Crippen LogP contribution in [0.25, 0.3) is 27.9 Å². The van der Waals surface area contributed by atoms with Gasteiger partial charge in [0.2, 0.25) is 11.9 Å². The Kier molecular flexibility index (Phi) is 8.45. The van der Waals surface area contributed by atoms with Gasteiger partial charge in [-0.2, -0.15) is 4.52 Å². The quantitative estimate of drug-likeness (QED) is 0.256. The molecule has 238 valence electrons. The van der Waals surface area contributed by atoms with Gasteiger partial charge in [-0.25, -0.2) is 23.2 Å². The molecule has 2 aromatic heterocycles. The number of anilines is 1. The second kappa shape index (κ2) is 12.6. The minimum absolute atomic E-state index is 0.0351. The molecule has 13 nitrogen and oxygen atoms in total. The topological polar surface area (TPSA) is 157 Å². The third-order valence-electron chi connectivity index (χ3n) is 7.71. The van der Waals surface area contributed by atoms with Crippen LogP contribution in [-0.2, 0) is 26.0 Å². The summed E-state index contributed by atoms with van der Waals surface area (Å²) >= 11 is 0. The molecule has 0 bridgehead atoms. The van der Waals surface area contributed by atoms with E-state index >= 15 is 0 Å². The van der Waals surface area contributed by atoms with Crippen LogP contribution in [0.1, 0.15) is 19.4 Å². The monoisotopic (exact) mass is 643 g/mol. The summed E-state index contributed by atoms with van der Waals surface area (Å²) in [5.74, 6) is 0.734. The van der Waals surface area contributed by atoms with Gasteiger partial charge in [0.1, 0.15) is 18.4 Å². The molecule has 1 fully saturated rings.